The Kier molecular flexibility index (Phi) is 7.31. The number of amides is 1. The van der Waals surface area contributed by atoms with E-state index < -0.39 is 27.9 Å². The van der Waals surface area contributed by atoms with Gasteiger partial charge in [0.1, 0.15) is 11.8 Å². The number of carbonyl (C=O) groups is 1. The molecule has 0 aliphatic heterocycles. The summed E-state index contributed by atoms with van der Waals surface area (Å²) in [5, 5.41) is 17.4. The maximum Gasteiger partial charge on any atom is 0.262 e. The minimum atomic E-state index is -4.17. The van der Waals surface area contributed by atoms with Crippen molar-refractivity contribution in [2.45, 2.75) is 31.3 Å². The van der Waals surface area contributed by atoms with Crippen LogP contribution in [0.4, 0.5) is 5.69 Å². The van der Waals surface area contributed by atoms with Gasteiger partial charge in [0.15, 0.2) is 0 Å². The number of benzene rings is 2. The van der Waals surface area contributed by atoms with E-state index in [1.807, 2.05) is 0 Å². The Morgan fingerprint density at radius 3 is 2.36 bits per heavy atom. The number of ether oxygens (including phenoxy) is 1. The number of rotatable bonds is 9. The second-order valence-electron chi connectivity index (χ2n) is 7.64. The maximum absolute atomic E-state index is 13.6. The molecule has 0 bridgehead atoms. The molecule has 0 fully saturated rings. The van der Waals surface area contributed by atoms with Gasteiger partial charge in [0.05, 0.1) is 36.1 Å². The van der Waals surface area contributed by atoms with Gasteiger partial charge in [-0.3, -0.25) is 10.0 Å². The first-order valence-corrected chi connectivity index (χ1v) is 11.5. The number of carbonyl (C=O) groups excluding carboxylic acids is 1. The molecular weight excluding hydrogens is 448 g/mol. The van der Waals surface area contributed by atoms with Crippen molar-refractivity contribution in [2.24, 2.45) is 5.92 Å². The molecule has 33 heavy (non-hydrogen) atoms. The number of hydrogen-bond acceptors (Lipinski definition) is 8. The molecule has 0 saturated carbocycles. The van der Waals surface area contributed by atoms with Gasteiger partial charge < -0.3 is 10.5 Å². The van der Waals surface area contributed by atoms with Crippen LogP contribution in [0.2, 0.25) is 0 Å². The highest BCUT2D eigenvalue weighted by molar-refractivity contribution is 7.89. The van der Waals surface area contributed by atoms with Crippen LogP contribution in [-0.4, -0.2) is 52.0 Å². The highest BCUT2D eigenvalue weighted by Gasteiger charge is 2.38. The van der Waals surface area contributed by atoms with E-state index in [1.54, 1.807) is 49.8 Å². The van der Waals surface area contributed by atoms with Crippen LogP contribution in [0.3, 0.4) is 0 Å². The Morgan fingerprint density at radius 1 is 1.18 bits per heavy atom. The summed E-state index contributed by atoms with van der Waals surface area (Å²) in [6, 6.07) is 11.5. The van der Waals surface area contributed by atoms with E-state index in [9.17, 15) is 18.4 Å². The summed E-state index contributed by atoms with van der Waals surface area (Å²) in [5.74, 6) is -0.828. The lowest BCUT2D eigenvalue weighted by Gasteiger charge is -2.31. The summed E-state index contributed by atoms with van der Waals surface area (Å²) in [6.07, 6.45) is 1.57. The monoisotopic (exact) mass is 474 g/mol. The topological polar surface area (TPSA) is 153 Å². The maximum atomic E-state index is 13.6. The smallest absolute Gasteiger partial charge is 0.262 e. The lowest BCUT2D eigenvalue weighted by atomic mass is 10.0. The van der Waals surface area contributed by atoms with Crippen LogP contribution in [0.25, 0.3) is 5.69 Å². The van der Waals surface area contributed by atoms with Crippen LogP contribution in [0, 0.1) is 5.92 Å². The molecule has 1 aromatic heterocycles. The molecule has 12 heteroatoms. The molecule has 3 rings (SSSR count). The first-order valence-electron chi connectivity index (χ1n) is 10.0. The predicted molar refractivity (Wildman–Crippen MR) is 120 cm³/mol. The first-order chi connectivity index (χ1) is 15.7. The van der Waals surface area contributed by atoms with Crippen LogP contribution in [0.15, 0.2) is 59.6 Å². The van der Waals surface area contributed by atoms with Crippen LogP contribution >= 0.6 is 0 Å². The molecule has 0 saturated heterocycles. The molecule has 0 unspecified atom stereocenters. The quantitative estimate of drug-likeness (QED) is 0.240. The number of aromatic nitrogens is 3. The minimum Gasteiger partial charge on any atom is -0.497 e. The number of nitrogen functional groups attached to an aromatic ring is 1. The van der Waals surface area contributed by atoms with Gasteiger partial charge in [-0.25, -0.2) is 18.6 Å². The van der Waals surface area contributed by atoms with Gasteiger partial charge in [-0.15, -0.1) is 5.10 Å². The largest absolute Gasteiger partial charge is 0.497 e. The molecular formula is C21H26N6O5S. The second-order valence-corrected chi connectivity index (χ2v) is 9.53. The third-order valence-electron chi connectivity index (χ3n) is 5.00. The number of nitrogens with one attached hydrogen (secondary N) is 1. The molecule has 0 radical (unpaired) electrons. The average Bonchev–Trinajstić information content (AvgIpc) is 3.27. The molecule has 4 N–H and O–H groups in total. The minimum absolute atomic E-state index is 0.0365. The molecule has 1 atom stereocenters. The van der Waals surface area contributed by atoms with Gasteiger partial charge in [0.2, 0.25) is 10.0 Å². The summed E-state index contributed by atoms with van der Waals surface area (Å²) in [6.45, 7) is 3.11. The molecule has 1 heterocycles. The number of methoxy groups -OCH3 is 1. The molecule has 1 amide bonds. The van der Waals surface area contributed by atoms with Crippen molar-refractivity contribution in [2.75, 3.05) is 12.8 Å². The zero-order valence-electron chi connectivity index (χ0n) is 18.4. The average molecular weight is 475 g/mol. The van der Waals surface area contributed by atoms with E-state index in [1.165, 1.54) is 36.1 Å². The Balaban J connectivity index is 2.02. The fraction of sp³-hybridized carbons (Fsp3) is 0.286. The van der Waals surface area contributed by atoms with Crippen LogP contribution in [0.5, 0.6) is 5.75 Å². The number of sulfonamides is 1. The molecule has 0 aliphatic carbocycles. The van der Waals surface area contributed by atoms with Crippen molar-refractivity contribution in [3.63, 3.8) is 0 Å². The van der Waals surface area contributed by atoms with Crippen molar-refractivity contribution in [1.82, 2.24) is 24.8 Å². The van der Waals surface area contributed by atoms with E-state index in [0.29, 0.717) is 22.8 Å². The Hall–Kier alpha value is -3.48. The lowest BCUT2D eigenvalue weighted by Crippen LogP contribution is -2.51. The fourth-order valence-corrected chi connectivity index (χ4v) is 5.02. The van der Waals surface area contributed by atoms with Gasteiger partial charge in [0, 0.05) is 5.69 Å². The third kappa shape index (κ3) is 5.30. The lowest BCUT2D eigenvalue weighted by molar-refractivity contribution is -0.134. The standard InChI is InChI=1S/C21H26N6O5S/c1-14(2)20(21(28)24-29)27(33(30,31)19-10-8-18(32-3)9-11-19)13-16-12-26(25-23-16)17-6-4-15(22)5-7-17/h4-12,14,20,29H,13,22H2,1-3H3,(H,24,28)/t20-/m1/s1. The van der Waals surface area contributed by atoms with E-state index in [4.69, 9.17) is 10.5 Å². The molecule has 0 aliphatic rings. The highest BCUT2D eigenvalue weighted by atomic mass is 32.2. The van der Waals surface area contributed by atoms with Crippen LogP contribution in [-0.2, 0) is 21.4 Å². The fourth-order valence-electron chi connectivity index (χ4n) is 3.33. The van der Waals surface area contributed by atoms with Crippen molar-refractivity contribution < 1.29 is 23.2 Å². The summed E-state index contributed by atoms with van der Waals surface area (Å²) in [5.41, 5.74) is 8.86. The summed E-state index contributed by atoms with van der Waals surface area (Å²) < 4.78 is 34.7. The predicted octanol–water partition coefficient (Wildman–Crippen LogP) is 1.58. The summed E-state index contributed by atoms with van der Waals surface area (Å²) in [4.78, 5) is 12.4. The van der Waals surface area contributed by atoms with E-state index >= 15 is 0 Å². The molecule has 11 nitrogen and oxygen atoms in total. The number of anilines is 1. The van der Waals surface area contributed by atoms with E-state index in [2.05, 4.69) is 10.3 Å². The van der Waals surface area contributed by atoms with Crippen LogP contribution < -0.4 is 16.0 Å². The van der Waals surface area contributed by atoms with Crippen molar-refractivity contribution in [1.29, 1.82) is 0 Å². The van der Waals surface area contributed by atoms with E-state index in [-0.39, 0.29) is 11.4 Å². The highest BCUT2D eigenvalue weighted by Crippen LogP contribution is 2.26. The summed E-state index contributed by atoms with van der Waals surface area (Å²) in [7, 11) is -2.70. The Bertz CT molecular complexity index is 1190. The zero-order valence-corrected chi connectivity index (χ0v) is 19.2. The number of nitrogens with zero attached hydrogens (tertiary/aromatic N) is 4. The van der Waals surface area contributed by atoms with Gasteiger partial charge in [-0.1, -0.05) is 19.1 Å². The van der Waals surface area contributed by atoms with Gasteiger partial charge in [-0.2, -0.15) is 4.31 Å². The number of hydrogen-bond donors (Lipinski definition) is 3. The molecule has 0 spiro atoms. The van der Waals surface area contributed by atoms with Gasteiger partial charge in [0.25, 0.3) is 5.91 Å². The second kappa shape index (κ2) is 9.98. The molecule has 176 valence electrons. The number of nitrogens with two attached hydrogens (primary N) is 1. The van der Waals surface area contributed by atoms with Crippen molar-refractivity contribution in [3.05, 3.63) is 60.4 Å². The number of hydroxylamine groups is 1. The SMILES string of the molecule is COc1ccc(S(=O)(=O)N(Cc2cn(-c3ccc(N)cc3)nn2)[C@@H](C(=O)NO)C(C)C)cc1. The zero-order chi connectivity index (χ0) is 24.2. The van der Waals surface area contributed by atoms with Crippen molar-refractivity contribution >= 4 is 21.6 Å². The Morgan fingerprint density at radius 2 is 1.82 bits per heavy atom. The van der Waals surface area contributed by atoms with Gasteiger partial charge >= 0.3 is 0 Å². The van der Waals surface area contributed by atoms with E-state index in [0.717, 1.165) is 4.31 Å². The van der Waals surface area contributed by atoms with Gasteiger partial charge in [-0.05, 0) is 54.4 Å². The molecule has 3 aromatic rings. The Labute approximate surface area is 191 Å². The summed E-state index contributed by atoms with van der Waals surface area (Å²) >= 11 is 0. The molecule has 2 aromatic carbocycles. The van der Waals surface area contributed by atoms with Crippen molar-refractivity contribution in [3.8, 4) is 11.4 Å². The third-order valence-corrected chi connectivity index (χ3v) is 6.84. The normalized spacial score (nSPS) is 12.7. The first kappa shape index (κ1) is 24.2. The van der Waals surface area contributed by atoms with Crippen LogP contribution in [0.1, 0.15) is 19.5 Å².